The van der Waals surface area contributed by atoms with Crippen molar-refractivity contribution in [3.8, 4) is 11.3 Å². The van der Waals surface area contributed by atoms with E-state index in [1.807, 2.05) is 23.9 Å². The summed E-state index contributed by atoms with van der Waals surface area (Å²) in [7, 11) is 0. The van der Waals surface area contributed by atoms with Gasteiger partial charge in [0.1, 0.15) is 0 Å². The van der Waals surface area contributed by atoms with E-state index in [4.69, 9.17) is 5.73 Å². The molecule has 0 fully saturated rings. The summed E-state index contributed by atoms with van der Waals surface area (Å²) >= 11 is 0. The molecule has 0 amide bonds. The van der Waals surface area contributed by atoms with Crippen LogP contribution in [0.4, 0.5) is 5.95 Å². The quantitative estimate of drug-likeness (QED) is 0.832. The molecule has 0 atom stereocenters. The van der Waals surface area contributed by atoms with Gasteiger partial charge in [-0.15, -0.1) is 0 Å². The predicted octanol–water partition coefficient (Wildman–Crippen LogP) is 1.81. The van der Waals surface area contributed by atoms with Crippen molar-refractivity contribution in [2.75, 3.05) is 5.73 Å². The van der Waals surface area contributed by atoms with Gasteiger partial charge < -0.3 is 5.73 Å². The first kappa shape index (κ1) is 10.6. The molecule has 2 aromatic rings. The van der Waals surface area contributed by atoms with Crippen LogP contribution in [0.25, 0.3) is 11.3 Å². The van der Waals surface area contributed by atoms with Crippen molar-refractivity contribution in [2.24, 2.45) is 0 Å². The normalized spacial score (nSPS) is 11.0. The Hall–Kier alpha value is -1.91. The fourth-order valence-corrected chi connectivity index (χ4v) is 1.72. The molecule has 0 aromatic carbocycles. The number of nitrogen functional groups attached to an aromatic ring is 1. The van der Waals surface area contributed by atoms with Crippen LogP contribution in [0.5, 0.6) is 0 Å². The maximum Gasteiger partial charge on any atom is 0.220 e. The van der Waals surface area contributed by atoms with Gasteiger partial charge >= 0.3 is 0 Å². The number of aromatic nitrogens is 4. The maximum absolute atomic E-state index is 5.56. The van der Waals surface area contributed by atoms with Crippen LogP contribution in [-0.4, -0.2) is 19.7 Å². The average Bonchev–Trinajstić information content (AvgIpc) is 2.60. The van der Waals surface area contributed by atoms with Gasteiger partial charge in [-0.3, -0.25) is 4.68 Å². The fourth-order valence-electron chi connectivity index (χ4n) is 1.72. The molecule has 0 aliphatic rings. The zero-order chi connectivity index (χ0) is 11.7. The van der Waals surface area contributed by atoms with E-state index < -0.39 is 0 Å². The van der Waals surface area contributed by atoms with Gasteiger partial charge in [-0.2, -0.15) is 5.10 Å². The van der Waals surface area contributed by atoms with Crippen LogP contribution in [0.3, 0.4) is 0 Å². The molecule has 0 aliphatic carbocycles. The van der Waals surface area contributed by atoms with Crippen LogP contribution in [0.1, 0.15) is 25.6 Å². The second-order valence-corrected chi connectivity index (χ2v) is 3.98. The Labute approximate surface area is 94.3 Å². The molecule has 5 heteroatoms. The Balaban J connectivity index is 2.49. The Morgan fingerprint density at radius 1 is 1.38 bits per heavy atom. The average molecular weight is 217 g/mol. The van der Waals surface area contributed by atoms with Crippen molar-refractivity contribution < 1.29 is 0 Å². The molecule has 0 saturated heterocycles. The third-order valence-corrected chi connectivity index (χ3v) is 2.48. The molecule has 2 N–H and O–H groups in total. The highest BCUT2D eigenvalue weighted by molar-refractivity contribution is 5.61. The van der Waals surface area contributed by atoms with E-state index in [1.165, 1.54) is 0 Å². The lowest BCUT2D eigenvalue weighted by Gasteiger charge is -2.08. The van der Waals surface area contributed by atoms with Gasteiger partial charge in [0.2, 0.25) is 5.95 Å². The second kappa shape index (κ2) is 3.92. The first-order valence-electron chi connectivity index (χ1n) is 5.22. The minimum atomic E-state index is 0.286. The van der Waals surface area contributed by atoms with E-state index >= 15 is 0 Å². The highest BCUT2D eigenvalue weighted by Gasteiger charge is 2.11. The SMILES string of the molecule is Cc1c(-c2ccnc(N)n2)cnn1C(C)C. The lowest BCUT2D eigenvalue weighted by Crippen LogP contribution is -2.04. The van der Waals surface area contributed by atoms with Gasteiger partial charge in [-0.1, -0.05) is 0 Å². The van der Waals surface area contributed by atoms with Gasteiger partial charge in [0.25, 0.3) is 0 Å². The summed E-state index contributed by atoms with van der Waals surface area (Å²) in [5, 5.41) is 4.34. The molecule has 84 valence electrons. The predicted molar refractivity (Wildman–Crippen MR) is 62.8 cm³/mol. The summed E-state index contributed by atoms with van der Waals surface area (Å²) in [5.74, 6) is 0.286. The molecule has 0 saturated carbocycles. The van der Waals surface area contributed by atoms with E-state index in [1.54, 1.807) is 6.20 Å². The van der Waals surface area contributed by atoms with Crippen LogP contribution in [0.15, 0.2) is 18.5 Å². The van der Waals surface area contributed by atoms with Gasteiger partial charge in [0, 0.05) is 23.5 Å². The van der Waals surface area contributed by atoms with Gasteiger partial charge in [0.15, 0.2) is 0 Å². The lowest BCUT2D eigenvalue weighted by molar-refractivity contribution is 0.519. The zero-order valence-electron chi connectivity index (χ0n) is 9.68. The first-order chi connectivity index (χ1) is 7.59. The van der Waals surface area contributed by atoms with Crippen molar-refractivity contribution in [2.45, 2.75) is 26.8 Å². The van der Waals surface area contributed by atoms with Crippen LogP contribution in [0, 0.1) is 6.92 Å². The van der Waals surface area contributed by atoms with Crippen molar-refractivity contribution in [1.82, 2.24) is 19.7 Å². The molecule has 0 spiro atoms. The molecule has 0 bridgehead atoms. The number of nitrogens with zero attached hydrogens (tertiary/aromatic N) is 4. The van der Waals surface area contributed by atoms with Crippen molar-refractivity contribution in [3.63, 3.8) is 0 Å². The number of nitrogens with two attached hydrogens (primary N) is 1. The zero-order valence-corrected chi connectivity index (χ0v) is 9.68. The lowest BCUT2D eigenvalue weighted by atomic mass is 10.2. The molecular formula is C11H15N5. The maximum atomic E-state index is 5.56. The fraction of sp³-hybridized carbons (Fsp3) is 0.364. The summed E-state index contributed by atoms with van der Waals surface area (Å²) in [5.41, 5.74) is 8.47. The van der Waals surface area contributed by atoms with Gasteiger partial charge in [0.05, 0.1) is 11.9 Å². The second-order valence-electron chi connectivity index (χ2n) is 3.98. The van der Waals surface area contributed by atoms with Gasteiger partial charge in [-0.25, -0.2) is 9.97 Å². The number of hydrogen-bond acceptors (Lipinski definition) is 4. The highest BCUT2D eigenvalue weighted by Crippen LogP contribution is 2.22. The Morgan fingerprint density at radius 3 is 2.69 bits per heavy atom. The Bertz CT molecular complexity index is 501. The topological polar surface area (TPSA) is 69.6 Å². The van der Waals surface area contributed by atoms with Crippen LogP contribution >= 0.6 is 0 Å². The summed E-state index contributed by atoms with van der Waals surface area (Å²) < 4.78 is 1.97. The summed E-state index contributed by atoms with van der Waals surface area (Å²) in [6, 6.07) is 2.18. The monoisotopic (exact) mass is 217 g/mol. The summed E-state index contributed by atoms with van der Waals surface area (Å²) in [6.45, 7) is 6.22. The van der Waals surface area contributed by atoms with Crippen LogP contribution < -0.4 is 5.73 Å². The third kappa shape index (κ3) is 1.76. The minimum Gasteiger partial charge on any atom is -0.368 e. The summed E-state index contributed by atoms with van der Waals surface area (Å²) in [6.07, 6.45) is 3.47. The first-order valence-corrected chi connectivity index (χ1v) is 5.22. The third-order valence-electron chi connectivity index (χ3n) is 2.48. The largest absolute Gasteiger partial charge is 0.368 e. The van der Waals surface area contributed by atoms with Crippen molar-refractivity contribution >= 4 is 5.95 Å². The Kier molecular flexibility index (Phi) is 2.60. The van der Waals surface area contributed by atoms with Crippen molar-refractivity contribution in [1.29, 1.82) is 0 Å². The highest BCUT2D eigenvalue weighted by atomic mass is 15.3. The standard InChI is InChI=1S/C11H15N5/c1-7(2)16-8(3)9(6-14-16)10-4-5-13-11(12)15-10/h4-7H,1-3H3,(H2,12,13,15). The molecule has 0 radical (unpaired) electrons. The molecule has 2 rings (SSSR count). The van der Waals surface area contributed by atoms with E-state index in [2.05, 4.69) is 28.9 Å². The van der Waals surface area contributed by atoms with Crippen LogP contribution in [-0.2, 0) is 0 Å². The summed E-state index contributed by atoms with van der Waals surface area (Å²) in [4.78, 5) is 8.07. The molecule has 0 aliphatic heterocycles. The van der Waals surface area contributed by atoms with E-state index in [-0.39, 0.29) is 5.95 Å². The molecule has 0 unspecified atom stereocenters. The number of anilines is 1. The molecular weight excluding hydrogens is 202 g/mol. The number of rotatable bonds is 2. The smallest absolute Gasteiger partial charge is 0.220 e. The van der Waals surface area contributed by atoms with Crippen LogP contribution in [0.2, 0.25) is 0 Å². The van der Waals surface area contributed by atoms with Crippen molar-refractivity contribution in [3.05, 3.63) is 24.2 Å². The van der Waals surface area contributed by atoms with E-state index in [0.717, 1.165) is 17.0 Å². The van der Waals surface area contributed by atoms with Gasteiger partial charge in [-0.05, 0) is 26.8 Å². The Morgan fingerprint density at radius 2 is 2.12 bits per heavy atom. The molecule has 16 heavy (non-hydrogen) atoms. The minimum absolute atomic E-state index is 0.286. The van der Waals surface area contributed by atoms with E-state index in [9.17, 15) is 0 Å². The molecule has 2 aromatic heterocycles. The van der Waals surface area contributed by atoms with E-state index in [0.29, 0.717) is 6.04 Å². The number of hydrogen-bond donors (Lipinski definition) is 1. The molecule has 5 nitrogen and oxygen atoms in total. The molecule has 2 heterocycles.